The van der Waals surface area contributed by atoms with Crippen LogP contribution in [-0.2, 0) is 6.42 Å². The summed E-state index contributed by atoms with van der Waals surface area (Å²) in [6.45, 7) is 0.705. The lowest BCUT2D eigenvalue weighted by Gasteiger charge is -2.07. The fourth-order valence-corrected chi connectivity index (χ4v) is 2.49. The van der Waals surface area contributed by atoms with E-state index in [0.717, 1.165) is 29.4 Å². The van der Waals surface area contributed by atoms with Gasteiger partial charge in [0, 0.05) is 0 Å². The van der Waals surface area contributed by atoms with E-state index in [1.54, 1.807) is 0 Å². The lowest BCUT2D eigenvalue weighted by atomic mass is 10.1. The molecule has 2 nitrogen and oxygen atoms in total. The molecule has 0 saturated heterocycles. The summed E-state index contributed by atoms with van der Waals surface area (Å²) in [4.78, 5) is 0. The van der Waals surface area contributed by atoms with E-state index < -0.39 is 0 Å². The summed E-state index contributed by atoms with van der Waals surface area (Å²) in [5, 5.41) is 11.1. The number of hydrogen-bond acceptors (Lipinski definition) is 2. The molecular formula is C20H17NO. The van der Waals surface area contributed by atoms with Crippen LogP contribution in [0.15, 0.2) is 66.7 Å². The number of rotatable bonds is 5. The maximum Gasteiger partial charge on any atom is 0.119 e. The third-order valence-electron chi connectivity index (χ3n) is 3.66. The molecule has 2 heteroatoms. The largest absolute Gasteiger partial charge is 0.494 e. The summed E-state index contributed by atoms with van der Waals surface area (Å²) >= 11 is 0. The number of ether oxygens (including phenoxy) is 1. The lowest BCUT2D eigenvalue weighted by Crippen LogP contribution is -1.99. The monoisotopic (exact) mass is 287 g/mol. The first-order valence-corrected chi connectivity index (χ1v) is 7.46. The van der Waals surface area contributed by atoms with Crippen molar-refractivity contribution < 1.29 is 4.74 Å². The molecule has 0 aliphatic heterocycles. The zero-order valence-electron chi connectivity index (χ0n) is 12.3. The van der Waals surface area contributed by atoms with Gasteiger partial charge in [-0.15, -0.1) is 0 Å². The minimum Gasteiger partial charge on any atom is -0.494 e. The fraction of sp³-hybridized carbons (Fsp3) is 0.150. The lowest BCUT2D eigenvalue weighted by molar-refractivity contribution is 0.311. The van der Waals surface area contributed by atoms with Crippen LogP contribution in [0, 0.1) is 11.3 Å². The quantitative estimate of drug-likeness (QED) is 0.636. The average molecular weight is 287 g/mol. The average Bonchev–Trinajstić information content (AvgIpc) is 2.59. The van der Waals surface area contributed by atoms with Crippen molar-refractivity contribution in [1.82, 2.24) is 0 Å². The molecule has 0 aliphatic carbocycles. The van der Waals surface area contributed by atoms with Crippen molar-refractivity contribution in [3.8, 4) is 11.8 Å². The van der Waals surface area contributed by atoms with Gasteiger partial charge in [-0.1, -0.05) is 42.5 Å². The van der Waals surface area contributed by atoms with Crippen LogP contribution in [0.25, 0.3) is 10.8 Å². The predicted molar refractivity (Wildman–Crippen MR) is 88.9 cm³/mol. The van der Waals surface area contributed by atoms with Crippen LogP contribution in [0.2, 0.25) is 0 Å². The molecule has 0 unspecified atom stereocenters. The van der Waals surface area contributed by atoms with Gasteiger partial charge in [-0.2, -0.15) is 5.26 Å². The van der Waals surface area contributed by atoms with E-state index in [1.807, 2.05) is 42.5 Å². The molecular weight excluding hydrogens is 270 g/mol. The Kier molecular flexibility index (Phi) is 4.36. The van der Waals surface area contributed by atoms with Gasteiger partial charge in [-0.25, -0.2) is 0 Å². The summed E-state index contributed by atoms with van der Waals surface area (Å²) < 4.78 is 5.83. The summed E-state index contributed by atoms with van der Waals surface area (Å²) in [7, 11) is 0. The summed E-state index contributed by atoms with van der Waals surface area (Å²) in [5.74, 6) is 0.880. The molecule has 0 aromatic heterocycles. The van der Waals surface area contributed by atoms with E-state index in [1.165, 1.54) is 5.56 Å². The van der Waals surface area contributed by atoms with Gasteiger partial charge in [0.15, 0.2) is 0 Å². The summed E-state index contributed by atoms with van der Waals surface area (Å²) in [5.41, 5.74) is 2.03. The molecule has 0 N–H and O–H groups in total. The molecule has 0 radical (unpaired) electrons. The van der Waals surface area contributed by atoms with Crippen molar-refractivity contribution in [1.29, 1.82) is 5.26 Å². The van der Waals surface area contributed by atoms with Crippen LogP contribution in [-0.4, -0.2) is 6.61 Å². The second-order valence-corrected chi connectivity index (χ2v) is 5.27. The Bertz CT molecular complexity index is 803. The molecule has 0 aliphatic rings. The second-order valence-electron chi connectivity index (χ2n) is 5.27. The first-order chi connectivity index (χ1) is 10.8. The first kappa shape index (κ1) is 14.2. The van der Waals surface area contributed by atoms with E-state index in [0.29, 0.717) is 12.2 Å². The molecule has 22 heavy (non-hydrogen) atoms. The van der Waals surface area contributed by atoms with E-state index in [9.17, 15) is 0 Å². The maximum absolute atomic E-state index is 8.91. The highest BCUT2D eigenvalue weighted by molar-refractivity contribution is 5.85. The molecule has 0 atom stereocenters. The van der Waals surface area contributed by atoms with E-state index >= 15 is 0 Å². The minimum absolute atomic E-state index is 0.684. The van der Waals surface area contributed by atoms with Gasteiger partial charge >= 0.3 is 0 Å². The summed E-state index contributed by atoms with van der Waals surface area (Å²) in [6, 6.07) is 24.3. The number of nitriles is 1. The predicted octanol–water partition coefficient (Wildman–Crippen LogP) is 4.72. The molecule has 0 spiro atoms. The van der Waals surface area contributed by atoms with Crippen LogP contribution in [0.5, 0.6) is 5.75 Å². The Morgan fingerprint density at radius 3 is 2.45 bits per heavy atom. The van der Waals surface area contributed by atoms with Crippen LogP contribution in [0.1, 0.15) is 17.5 Å². The summed E-state index contributed by atoms with van der Waals surface area (Å²) in [6.07, 6.45) is 2.02. The molecule has 0 fully saturated rings. The zero-order valence-corrected chi connectivity index (χ0v) is 12.3. The SMILES string of the molecule is N#Cc1ccc2cc(OCCCc3ccccc3)ccc2c1. The Labute approximate surface area is 130 Å². The molecule has 0 heterocycles. The number of benzene rings is 3. The van der Waals surface area contributed by atoms with Gasteiger partial charge in [0.2, 0.25) is 0 Å². The fourth-order valence-electron chi connectivity index (χ4n) is 2.49. The normalized spacial score (nSPS) is 10.3. The number of aryl methyl sites for hydroxylation is 1. The number of fused-ring (bicyclic) bond motifs is 1. The van der Waals surface area contributed by atoms with Crippen LogP contribution < -0.4 is 4.74 Å². The highest BCUT2D eigenvalue weighted by Crippen LogP contribution is 2.22. The number of hydrogen-bond donors (Lipinski definition) is 0. The van der Waals surface area contributed by atoms with E-state index in [-0.39, 0.29) is 0 Å². The second kappa shape index (κ2) is 6.78. The Balaban J connectivity index is 1.59. The van der Waals surface area contributed by atoms with Crippen molar-refractivity contribution in [3.05, 3.63) is 77.9 Å². The highest BCUT2D eigenvalue weighted by Gasteiger charge is 2.00. The van der Waals surface area contributed by atoms with Crippen molar-refractivity contribution in [2.24, 2.45) is 0 Å². The standard InChI is InChI=1S/C20H17NO/c21-15-17-8-9-19-14-20(11-10-18(19)13-17)22-12-4-7-16-5-2-1-3-6-16/h1-3,5-6,8-11,13-14H,4,7,12H2. The van der Waals surface area contributed by atoms with Gasteiger partial charge < -0.3 is 4.74 Å². The molecule has 3 rings (SSSR count). The smallest absolute Gasteiger partial charge is 0.119 e. The van der Waals surface area contributed by atoms with Crippen molar-refractivity contribution >= 4 is 10.8 Å². The van der Waals surface area contributed by atoms with Crippen molar-refractivity contribution in [2.45, 2.75) is 12.8 Å². The van der Waals surface area contributed by atoms with Crippen molar-refractivity contribution in [2.75, 3.05) is 6.61 Å². The topological polar surface area (TPSA) is 33.0 Å². The third kappa shape index (κ3) is 3.45. The Hall–Kier alpha value is -2.79. The van der Waals surface area contributed by atoms with Gasteiger partial charge in [0.1, 0.15) is 5.75 Å². The molecule has 0 saturated carbocycles. The minimum atomic E-state index is 0.684. The van der Waals surface area contributed by atoms with Gasteiger partial charge in [-0.3, -0.25) is 0 Å². The maximum atomic E-state index is 8.91. The molecule has 0 bridgehead atoms. The molecule has 3 aromatic rings. The zero-order chi connectivity index (χ0) is 15.2. The van der Waals surface area contributed by atoms with Gasteiger partial charge in [-0.05, 0) is 53.4 Å². The van der Waals surface area contributed by atoms with Crippen LogP contribution in [0.3, 0.4) is 0 Å². The third-order valence-corrected chi connectivity index (χ3v) is 3.66. The van der Waals surface area contributed by atoms with Gasteiger partial charge in [0.25, 0.3) is 0 Å². The number of nitrogens with zero attached hydrogens (tertiary/aromatic N) is 1. The van der Waals surface area contributed by atoms with Crippen LogP contribution >= 0.6 is 0 Å². The Morgan fingerprint density at radius 2 is 1.64 bits per heavy atom. The van der Waals surface area contributed by atoms with E-state index in [4.69, 9.17) is 10.00 Å². The van der Waals surface area contributed by atoms with E-state index in [2.05, 4.69) is 30.3 Å². The van der Waals surface area contributed by atoms with Crippen molar-refractivity contribution in [3.63, 3.8) is 0 Å². The first-order valence-electron chi connectivity index (χ1n) is 7.46. The van der Waals surface area contributed by atoms with Gasteiger partial charge in [0.05, 0.1) is 18.2 Å². The molecule has 108 valence electrons. The highest BCUT2D eigenvalue weighted by atomic mass is 16.5. The van der Waals surface area contributed by atoms with Crippen LogP contribution in [0.4, 0.5) is 0 Å². The molecule has 0 amide bonds. The molecule has 3 aromatic carbocycles. The Morgan fingerprint density at radius 1 is 0.864 bits per heavy atom.